The molecular formula is C28H42N2O6. The molecule has 4 rings (SSSR count). The Balaban J connectivity index is 1.35. The molecule has 3 saturated carbocycles. The van der Waals surface area contributed by atoms with Crippen molar-refractivity contribution < 1.29 is 29.7 Å². The third-order valence-corrected chi connectivity index (χ3v) is 10.2. The Morgan fingerprint density at radius 2 is 1.89 bits per heavy atom. The second-order valence-corrected chi connectivity index (χ2v) is 12.8. The molecule has 7 atom stereocenters. The molecule has 4 aliphatic rings. The minimum atomic E-state index is -1.58. The van der Waals surface area contributed by atoms with Crippen LogP contribution in [0.15, 0.2) is 29.0 Å². The molecule has 0 saturated heterocycles. The third-order valence-electron chi connectivity index (χ3n) is 10.2. The number of aliphatic hydroxyl groups is 2. The number of hydrogen-bond donors (Lipinski definition) is 4. The SMILES string of the molecule is CC(C)(CNC(=O)CON=C1C=C[C@@]2(C)C(=C1)CC[C@@H]1[C@@H]2CC[C@@]2(C)[C@H]1CC[C@]2(C)O)[C@@H](O)C(=O)O. The lowest BCUT2D eigenvalue weighted by molar-refractivity contribution is -0.153. The van der Waals surface area contributed by atoms with Crippen molar-refractivity contribution in [3.05, 3.63) is 23.8 Å². The van der Waals surface area contributed by atoms with E-state index in [1.165, 1.54) is 5.57 Å². The summed E-state index contributed by atoms with van der Waals surface area (Å²) in [6, 6.07) is 0. The van der Waals surface area contributed by atoms with E-state index in [0.29, 0.717) is 23.5 Å². The summed E-state index contributed by atoms with van der Waals surface area (Å²) in [5, 5.41) is 36.6. The molecule has 0 aromatic rings. The fourth-order valence-electron chi connectivity index (χ4n) is 7.48. The number of amides is 1. The molecule has 8 heteroatoms. The third kappa shape index (κ3) is 4.51. The van der Waals surface area contributed by atoms with Gasteiger partial charge < -0.3 is 25.5 Å². The van der Waals surface area contributed by atoms with Crippen LogP contribution in [0.1, 0.15) is 73.1 Å². The van der Waals surface area contributed by atoms with Crippen LogP contribution in [0.5, 0.6) is 0 Å². The van der Waals surface area contributed by atoms with Crippen molar-refractivity contribution in [2.45, 2.75) is 84.8 Å². The molecule has 200 valence electrons. The number of carbonyl (C=O) groups is 2. The van der Waals surface area contributed by atoms with E-state index in [-0.39, 0.29) is 24.0 Å². The molecule has 0 unspecified atom stereocenters. The number of rotatable bonds is 7. The van der Waals surface area contributed by atoms with E-state index in [1.54, 1.807) is 13.8 Å². The Bertz CT molecular complexity index is 998. The number of oxime groups is 1. The number of fused-ring (bicyclic) bond motifs is 5. The van der Waals surface area contributed by atoms with E-state index >= 15 is 0 Å². The molecule has 1 amide bonds. The number of carbonyl (C=O) groups excluding carboxylic acids is 1. The van der Waals surface area contributed by atoms with Crippen molar-refractivity contribution in [2.24, 2.45) is 39.2 Å². The number of aliphatic hydroxyl groups excluding tert-OH is 1. The van der Waals surface area contributed by atoms with E-state index in [4.69, 9.17) is 9.94 Å². The molecule has 3 fully saturated rings. The largest absolute Gasteiger partial charge is 0.479 e. The summed E-state index contributed by atoms with van der Waals surface area (Å²) in [4.78, 5) is 28.4. The van der Waals surface area contributed by atoms with Gasteiger partial charge in [0.15, 0.2) is 12.7 Å². The molecule has 0 spiro atoms. The van der Waals surface area contributed by atoms with Gasteiger partial charge in [-0.3, -0.25) is 4.79 Å². The van der Waals surface area contributed by atoms with Gasteiger partial charge in [0, 0.05) is 17.4 Å². The fourth-order valence-corrected chi connectivity index (χ4v) is 7.48. The first-order chi connectivity index (χ1) is 16.7. The van der Waals surface area contributed by atoms with Crippen molar-refractivity contribution in [3.8, 4) is 0 Å². The average Bonchev–Trinajstić information content (AvgIpc) is 3.06. The van der Waals surface area contributed by atoms with Gasteiger partial charge in [0.1, 0.15) is 5.71 Å². The van der Waals surface area contributed by atoms with E-state index in [0.717, 1.165) is 38.5 Å². The van der Waals surface area contributed by atoms with Crippen molar-refractivity contribution in [1.29, 1.82) is 0 Å². The van der Waals surface area contributed by atoms with Gasteiger partial charge in [-0.1, -0.05) is 44.5 Å². The van der Waals surface area contributed by atoms with Crippen LogP contribution in [0, 0.1) is 34.0 Å². The monoisotopic (exact) mass is 502 g/mol. The molecule has 0 bridgehead atoms. The molecule has 4 N–H and O–H groups in total. The van der Waals surface area contributed by atoms with Gasteiger partial charge in [0.25, 0.3) is 5.91 Å². The zero-order valence-corrected chi connectivity index (χ0v) is 22.2. The number of allylic oxidation sites excluding steroid dienone is 4. The van der Waals surface area contributed by atoms with Crippen LogP contribution in [-0.4, -0.2) is 57.8 Å². The van der Waals surface area contributed by atoms with Crippen LogP contribution >= 0.6 is 0 Å². The lowest BCUT2D eigenvalue weighted by Crippen LogP contribution is -2.53. The summed E-state index contributed by atoms with van der Waals surface area (Å²) in [6.45, 7) is 9.52. The smallest absolute Gasteiger partial charge is 0.333 e. The fraction of sp³-hybridized carbons (Fsp3) is 0.750. The normalized spacial score (nSPS) is 39.5. The van der Waals surface area contributed by atoms with Crippen LogP contribution in [0.4, 0.5) is 0 Å². The first-order valence-corrected chi connectivity index (χ1v) is 13.2. The number of nitrogens with zero attached hydrogens (tertiary/aromatic N) is 1. The number of hydrogen-bond acceptors (Lipinski definition) is 6. The molecule has 0 heterocycles. The Morgan fingerprint density at radius 3 is 2.58 bits per heavy atom. The van der Waals surface area contributed by atoms with E-state index in [1.807, 2.05) is 13.0 Å². The highest BCUT2D eigenvalue weighted by atomic mass is 16.6. The Labute approximate surface area is 213 Å². The number of aliphatic carboxylic acids is 1. The highest BCUT2D eigenvalue weighted by Crippen LogP contribution is 2.66. The molecule has 4 aliphatic carbocycles. The second-order valence-electron chi connectivity index (χ2n) is 12.8. The van der Waals surface area contributed by atoms with Gasteiger partial charge in [-0.2, -0.15) is 0 Å². The Morgan fingerprint density at radius 1 is 1.19 bits per heavy atom. The van der Waals surface area contributed by atoms with Gasteiger partial charge in [0.2, 0.25) is 0 Å². The van der Waals surface area contributed by atoms with E-state index < -0.39 is 29.0 Å². The summed E-state index contributed by atoms with van der Waals surface area (Å²) < 4.78 is 0. The van der Waals surface area contributed by atoms with Gasteiger partial charge >= 0.3 is 5.97 Å². The van der Waals surface area contributed by atoms with Crippen molar-refractivity contribution in [2.75, 3.05) is 13.2 Å². The van der Waals surface area contributed by atoms with Crippen LogP contribution < -0.4 is 5.32 Å². The summed E-state index contributed by atoms with van der Waals surface area (Å²) in [5.41, 5.74) is 0.434. The van der Waals surface area contributed by atoms with Gasteiger partial charge in [-0.25, -0.2) is 4.79 Å². The second kappa shape index (κ2) is 9.28. The summed E-state index contributed by atoms with van der Waals surface area (Å²) >= 11 is 0. The Kier molecular flexibility index (Phi) is 6.92. The maximum atomic E-state index is 12.1. The average molecular weight is 503 g/mol. The predicted molar refractivity (Wildman–Crippen MR) is 136 cm³/mol. The lowest BCUT2D eigenvalue weighted by Gasteiger charge is -2.58. The highest BCUT2D eigenvalue weighted by molar-refractivity contribution is 6.05. The molecule has 8 nitrogen and oxygen atoms in total. The Hall–Kier alpha value is -2.19. The first-order valence-electron chi connectivity index (χ1n) is 13.2. The molecule has 0 aliphatic heterocycles. The minimum absolute atomic E-state index is 0.000429. The zero-order valence-electron chi connectivity index (χ0n) is 22.2. The minimum Gasteiger partial charge on any atom is -0.479 e. The van der Waals surface area contributed by atoms with E-state index in [2.05, 4.69) is 36.5 Å². The maximum absolute atomic E-state index is 12.1. The standard InChI is InChI=1S/C28H42N2O6/c1-25(2,23(32)24(33)34)16-29-22(31)15-36-30-18-8-11-26(3)17(14-18)6-7-19-20(26)9-12-27(4)21(19)10-13-28(27,5)35/h8,11,14,19-21,23,32,35H,6-7,9-10,12-13,15-16H2,1-5H3,(H,29,31)(H,33,34)/t19-,20+,21+,23+,26+,27+,28+/m1/s1. The molecule has 0 aromatic heterocycles. The zero-order chi connectivity index (χ0) is 26.5. The predicted octanol–water partition coefficient (Wildman–Crippen LogP) is 3.44. The van der Waals surface area contributed by atoms with Gasteiger partial charge in [-0.05, 0) is 80.8 Å². The van der Waals surface area contributed by atoms with Crippen LogP contribution in [-0.2, 0) is 14.4 Å². The lowest BCUT2D eigenvalue weighted by atomic mass is 9.47. The first kappa shape index (κ1) is 26.9. The molecule has 0 radical (unpaired) electrons. The van der Waals surface area contributed by atoms with Gasteiger partial charge in [0.05, 0.1) is 5.60 Å². The summed E-state index contributed by atoms with van der Waals surface area (Å²) in [7, 11) is 0. The number of carboxylic acids is 1. The van der Waals surface area contributed by atoms with Crippen molar-refractivity contribution in [3.63, 3.8) is 0 Å². The number of nitrogens with one attached hydrogen (secondary N) is 1. The van der Waals surface area contributed by atoms with Crippen LogP contribution in [0.3, 0.4) is 0 Å². The summed E-state index contributed by atoms with van der Waals surface area (Å²) in [5.74, 6) is -0.0187. The highest BCUT2D eigenvalue weighted by Gasteiger charge is 2.62. The van der Waals surface area contributed by atoms with Crippen LogP contribution in [0.25, 0.3) is 0 Å². The van der Waals surface area contributed by atoms with Crippen LogP contribution in [0.2, 0.25) is 0 Å². The molecular weight excluding hydrogens is 460 g/mol. The maximum Gasteiger partial charge on any atom is 0.333 e. The van der Waals surface area contributed by atoms with Gasteiger partial charge in [-0.15, -0.1) is 0 Å². The van der Waals surface area contributed by atoms with Crippen molar-refractivity contribution >= 4 is 17.6 Å². The van der Waals surface area contributed by atoms with E-state index in [9.17, 15) is 19.8 Å². The number of carboxylic acid groups (broad SMARTS) is 1. The summed E-state index contributed by atoms with van der Waals surface area (Å²) in [6.07, 6.45) is 11.1. The topological polar surface area (TPSA) is 128 Å². The van der Waals surface area contributed by atoms with Crippen molar-refractivity contribution in [1.82, 2.24) is 5.32 Å². The molecule has 0 aromatic carbocycles. The molecule has 36 heavy (non-hydrogen) atoms. The quantitative estimate of drug-likeness (QED) is 0.395.